The Bertz CT molecular complexity index is 413. The van der Waals surface area contributed by atoms with Gasteiger partial charge in [0.2, 0.25) is 0 Å². The molecule has 1 fully saturated rings. The minimum absolute atomic E-state index is 1.19. The zero-order chi connectivity index (χ0) is 12.4. The third kappa shape index (κ3) is 2.72. The Morgan fingerprint density at radius 1 is 1.00 bits per heavy atom. The van der Waals surface area contributed by atoms with Gasteiger partial charge in [-0.05, 0) is 62.5 Å². The molecule has 0 aromatic heterocycles. The van der Waals surface area contributed by atoms with Gasteiger partial charge in [0.15, 0.2) is 0 Å². The van der Waals surface area contributed by atoms with Crippen molar-refractivity contribution in [2.75, 3.05) is 37.6 Å². The predicted molar refractivity (Wildman–Crippen MR) is 80.4 cm³/mol. The van der Waals surface area contributed by atoms with E-state index >= 15 is 0 Å². The number of rotatable bonds is 3. The number of benzene rings is 1. The molecule has 3 rings (SSSR count). The number of aryl methyl sites for hydroxylation is 1. The molecule has 0 unspecified atom stereocenters. The molecule has 1 saturated heterocycles. The molecule has 0 atom stereocenters. The van der Waals surface area contributed by atoms with Crippen molar-refractivity contribution in [1.82, 2.24) is 4.90 Å². The van der Waals surface area contributed by atoms with E-state index in [1.165, 1.54) is 74.1 Å². The molecule has 1 aromatic rings. The van der Waals surface area contributed by atoms with E-state index in [9.17, 15) is 0 Å². The molecule has 0 bridgehead atoms. The Labute approximate surface area is 118 Å². The van der Waals surface area contributed by atoms with E-state index in [1.54, 1.807) is 0 Å². The molecule has 2 heterocycles. The van der Waals surface area contributed by atoms with Gasteiger partial charge in [-0.15, -0.1) is 0 Å². The summed E-state index contributed by atoms with van der Waals surface area (Å²) in [5.74, 6) is 0. The van der Waals surface area contributed by atoms with Crippen molar-refractivity contribution in [1.29, 1.82) is 0 Å². The first kappa shape index (κ1) is 12.5. The Morgan fingerprint density at radius 3 is 2.67 bits per heavy atom. The Morgan fingerprint density at radius 2 is 1.83 bits per heavy atom. The predicted octanol–water partition coefficient (Wildman–Crippen LogP) is 3.30. The monoisotopic (exact) mass is 308 g/mol. The summed E-state index contributed by atoms with van der Waals surface area (Å²) in [5, 5.41) is 0. The van der Waals surface area contributed by atoms with Crippen LogP contribution in [0.3, 0.4) is 0 Å². The van der Waals surface area contributed by atoms with Crippen LogP contribution >= 0.6 is 15.9 Å². The largest absolute Gasteiger partial charge is 0.370 e. The fourth-order valence-corrected chi connectivity index (χ4v) is 3.55. The molecule has 98 valence electrons. The van der Waals surface area contributed by atoms with Crippen molar-refractivity contribution in [3.63, 3.8) is 0 Å². The zero-order valence-electron chi connectivity index (χ0n) is 10.9. The number of anilines is 1. The Hall–Kier alpha value is -0.540. The molecule has 0 amide bonds. The second-order valence-corrected chi connectivity index (χ2v) is 6.33. The lowest BCUT2D eigenvalue weighted by atomic mass is 10.0. The van der Waals surface area contributed by atoms with Crippen LogP contribution in [-0.4, -0.2) is 37.6 Å². The molecule has 1 aromatic carbocycles. The highest BCUT2D eigenvalue weighted by molar-refractivity contribution is 9.10. The van der Waals surface area contributed by atoms with Gasteiger partial charge >= 0.3 is 0 Å². The topological polar surface area (TPSA) is 6.48 Å². The van der Waals surface area contributed by atoms with Crippen LogP contribution in [0.2, 0.25) is 0 Å². The average molecular weight is 309 g/mol. The molecular weight excluding hydrogens is 288 g/mol. The van der Waals surface area contributed by atoms with Gasteiger partial charge in [0.05, 0.1) is 0 Å². The molecule has 0 N–H and O–H groups in total. The first-order chi connectivity index (χ1) is 8.83. The standard InChI is InChI=1S/C15H21BrN2/c16-14-5-6-15-13(12-14)4-3-9-18(15)11-10-17-7-1-2-8-17/h5-6,12H,1-4,7-11H2. The first-order valence-corrected chi connectivity index (χ1v) is 7.88. The molecule has 2 aliphatic rings. The highest BCUT2D eigenvalue weighted by Crippen LogP contribution is 2.29. The third-order valence-electron chi connectivity index (χ3n) is 4.14. The maximum atomic E-state index is 3.58. The van der Waals surface area contributed by atoms with Gasteiger partial charge in [-0.3, -0.25) is 0 Å². The smallest absolute Gasteiger partial charge is 0.0399 e. The summed E-state index contributed by atoms with van der Waals surface area (Å²) < 4.78 is 1.21. The molecule has 0 aliphatic carbocycles. The van der Waals surface area contributed by atoms with Crippen molar-refractivity contribution < 1.29 is 0 Å². The van der Waals surface area contributed by atoms with Crippen molar-refractivity contribution in [3.8, 4) is 0 Å². The maximum Gasteiger partial charge on any atom is 0.0399 e. The minimum Gasteiger partial charge on any atom is -0.370 e. The third-order valence-corrected chi connectivity index (χ3v) is 4.63. The molecule has 3 heteroatoms. The lowest BCUT2D eigenvalue weighted by molar-refractivity contribution is 0.343. The van der Waals surface area contributed by atoms with Crippen LogP contribution in [0.15, 0.2) is 22.7 Å². The van der Waals surface area contributed by atoms with Crippen molar-refractivity contribution in [2.24, 2.45) is 0 Å². The molecular formula is C15H21BrN2. The van der Waals surface area contributed by atoms with E-state index in [2.05, 4.69) is 43.9 Å². The van der Waals surface area contributed by atoms with Gasteiger partial charge in [0.25, 0.3) is 0 Å². The van der Waals surface area contributed by atoms with Crippen LogP contribution in [-0.2, 0) is 6.42 Å². The summed E-state index contributed by atoms with van der Waals surface area (Å²) in [4.78, 5) is 5.18. The van der Waals surface area contributed by atoms with E-state index in [0.29, 0.717) is 0 Å². The van der Waals surface area contributed by atoms with Gasteiger partial charge in [-0.25, -0.2) is 0 Å². The number of likely N-dealkylation sites (tertiary alicyclic amines) is 1. The minimum atomic E-state index is 1.19. The Kier molecular flexibility index (Phi) is 3.90. The fraction of sp³-hybridized carbons (Fsp3) is 0.600. The molecule has 2 nitrogen and oxygen atoms in total. The normalized spacial score (nSPS) is 20.2. The molecule has 0 spiro atoms. The van der Waals surface area contributed by atoms with E-state index in [-0.39, 0.29) is 0 Å². The van der Waals surface area contributed by atoms with Crippen LogP contribution in [0.4, 0.5) is 5.69 Å². The summed E-state index contributed by atoms with van der Waals surface area (Å²) in [6, 6.07) is 6.74. The number of nitrogens with zero attached hydrogens (tertiary/aromatic N) is 2. The van der Waals surface area contributed by atoms with Gasteiger partial charge in [0, 0.05) is 29.8 Å². The number of hydrogen-bond donors (Lipinski definition) is 0. The SMILES string of the molecule is Brc1ccc2c(c1)CCCN2CCN1CCCC1. The molecule has 0 saturated carbocycles. The average Bonchev–Trinajstić information content (AvgIpc) is 2.89. The van der Waals surface area contributed by atoms with E-state index in [4.69, 9.17) is 0 Å². The quantitative estimate of drug-likeness (QED) is 0.845. The number of halogens is 1. The zero-order valence-corrected chi connectivity index (χ0v) is 12.5. The van der Waals surface area contributed by atoms with Crippen LogP contribution in [0.25, 0.3) is 0 Å². The summed E-state index contributed by atoms with van der Waals surface area (Å²) in [5.41, 5.74) is 2.97. The number of fused-ring (bicyclic) bond motifs is 1. The van der Waals surface area contributed by atoms with Crippen LogP contribution in [0.5, 0.6) is 0 Å². The number of hydrogen-bond acceptors (Lipinski definition) is 2. The van der Waals surface area contributed by atoms with E-state index in [0.717, 1.165) is 0 Å². The highest BCUT2D eigenvalue weighted by atomic mass is 79.9. The van der Waals surface area contributed by atoms with Crippen molar-refractivity contribution in [3.05, 3.63) is 28.2 Å². The highest BCUT2D eigenvalue weighted by Gasteiger charge is 2.18. The second-order valence-electron chi connectivity index (χ2n) is 5.41. The summed E-state index contributed by atoms with van der Waals surface area (Å²) >= 11 is 3.58. The molecule has 2 aliphatic heterocycles. The van der Waals surface area contributed by atoms with Crippen molar-refractivity contribution in [2.45, 2.75) is 25.7 Å². The van der Waals surface area contributed by atoms with Gasteiger partial charge < -0.3 is 9.80 Å². The van der Waals surface area contributed by atoms with E-state index in [1.807, 2.05) is 0 Å². The van der Waals surface area contributed by atoms with E-state index < -0.39 is 0 Å². The fourth-order valence-electron chi connectivity index (χ4n) is 3.14. The van der Waals surface area contributed by atoms with Crippen LogP contribution < -0.4 is 4.90 Å². The summed E-state index contributed by atoms with van der Waals surface area (Å²) in [6.45, 7) is 6.26. The molecule has 18 heavy (non-hydrogen) atoms. The van der Waals surface area contributed by atoms with Crippen molar-refractivity contribution >= 4 is 21.6 Å². The second kappa shape index (κ2) is 5.62. The lowest BCUT2D eigenvalue weighted by Gasteiger charge is -2.32. The Balaban J connectivity index is 1.67. The van der Waals surface area contributed by atoms with Gasteiger partial charge in [-0.2, -0.15) is 0 Å². The van der Waals surface area contributed by atoms with Crippen LogP contribution in [0, 0.1) is 0 Å². The summed E-state index contributed by atoms with van der Waals surface area (Å²) in [7, 11) is 0. The van der Waals surface area contributed by atoms with Gasteiger partial charge in [0.1, 0.15) is 0 Å². The van der Waals surface area contributed by atoms with Gasteiger partial charge in [-0.1, -0.05) is 15.9 Å². The molecule has 0 radical (unpaired) electrons. The maximum absolute atomic E-state index is 3.58. The summed E-state index contributed by atoms with van der Waals surface area (Å²) in [6.07, 6.45) is 5.31. The lowest BCUT2D eigenvalue weighted by Crippen LogP contribution is -2.36. The van der Waals surface area contributed by atoms with Crippen LogP contribution in [0.1, 0.15) is 24.8 Å². The first-order valence-electron chi connectivity index (χ1n) is 7.09.